The first-order chi connectivity index (χ1) is 12.6. The van der Waals surface area contributed by atoms with E-state index < -0.39 is 0 Å². The average molecular weight is 374 g/mol. The smallest absolute Gasteiger partial charge is 0.220 e. The number of likely N-dealkylation sites (tertiary alicyclic amines) is 1. The summed E-state index contributed by atoms with van der Waals surface area (Å²) in [6, 6.07) is 8.50. The number of nitrogens with zero attached hydrogens (tertiary/aromatic N) is 2. The normalized spacial score (nSPS) is 19.5. The van der Waals surface area contributed by atoms with E-state index in [2.05, 4.69) is 47.2 Å². The number of aromatic nitrogens is 1. The third-order valence-electron chi connectivity index (χ3n) is 5.06. The van der Waals surface area contributed by atoms with Crippen molar-refractivity contribution in [3.05, 3.63) is 29.3 Å². The molecule has 2 atom stereocenters. The van der Waals surface area contributed by atoms with Crippen LogP contribution in [0.3, 0.4) is 0 Å². The van der Waals surface area contributed by atoms with E-state index in [-0.39, 0.29) is 11.9 Å². The summed E-state index contributed by atoms with van der Waals surface area (Å²) in [5.41, 5.74) is 1.09. The van der Waals surface area contributed by atoms with Gasteiger partial charge in [0, 0.05) is 25.6 Å². The number of unbranched alkanes of at least 4 members (excludes halogenated alkanes) is 1. The van der Waals surface area contributed by atoms with E-state index in [4.69, 9.17) is 0 Å². The molecule has 2 aromatic rings. The van der Waals surface area contributed by atoms with Crippen molar-refractivity contribution in [2.45, 2.75) is 58.4 Å². The molecule has 3 rings (SSSR count). The number of aryl methyl sites for hydroxylation is 1. The lowest BCUT2D eigenvalue weighted by Crippen LogP contribution is -2.45. The average Bonchev–Trinajstić information content (AvgIpc) is 3.01. The number of carbonyl (C=O) groups is 1. The monoisotopic (exact) mass is 373 g/mol. The van der Waals surface area contributed by atoms with Crippen LogP contribution in [-0.4, -0.2) is 41.5 Å². The minimum absolute atomic E-state index is 0.187. The minimum Gasteiger partial charge on any atom is -0.352 e. The van der Waals surface area contributed by atoms with Crippen LogP contribution in [0.15, 0.2) is 24.3 Å². The number of rotatable bonds is 8. The Morgan fingerprint density at radius 1 is 1.38 bits per heavy atom. The number of hydrogen-bond donors (Lipinski definition) is 1. The van der Waals surface area contributed by atoms with Gasteiger partial charge in [0.05, 0.1) is 15.2 Å². The maximum Gasteiger partial charge on any atom is 0.220 e. The Morgan fingerprint density at radius 2 is 2.23 bits per heavy atom. The molecule has 5 heteroatoms. The van der Waals surface area contributed by atoms with Gasteiger partial charge in [-0.2, -0.15) is 0 Å². The van der Waals surface area contributed by atoms with E-state index in [1.807, 2.05) is 6.07 Å². The van der Waals surface area contributed by atoms with Gasteiger partial charge in [0.1, 0.15) is 0 Å². The number of fused-ring (bicyclic) bond motifs is 1. The first-order valence-electron chi connectivity index (χ1n) is 9.96. The van der Waals surface area contributed by atoms with Crippen LogP contribution in [0.1, 0.15) is 51.0 Å². The van der Waals surface area contributed by atoms with Crippen LogP contribution in [0.5, 0.6) is 0 Å². The van der Waals surface area contributed by atoms with E-state index in [1.165, 1.54) is 35.6 Å². The summed E-state index contributed by atoms with van der Waals surface area (Å²) in [6.45, 7) is 7.76. The zero-order chi connectivity index (χ0) is 18.4. The lowest BCUT2D eigenvalue weighted by Gasteiger charge is -2.32. The highest BCUT2D eigenvalue weighted by Gasteiger charge is 2.18. The summed E-state index contributed by atoms with van der Waals surface area (Å²) in [4.78, 5) is 19.3. The lowest BCUT2D eigenvalue weighted by molar-refractivity contribution is -0.121. The molecule has 1 aromatic heterocycles. The molecule has 1 aromatic carbocycles. The predicted octanol–water partition coefficient (Wildman–Crippen LogP) is 4.25. The van der Waals surface area contributed by atoms with Crippen LogP contribution in [-0.2, 0) is 11.2 Å². The predicted molar refractivity (Wildman–Crippen MR) is 110 cm³/mol. The molecule has 0 bridgehead atoms. The molecule has 0 spiro atoms. The maximum absolute atomic E-state index is 12.2. The molecule has 0 radical (unpaired) electrons. The van der Waals surface area contributed by atoms with Gasteiger partial charge in [-0.15, -0.1) is 11.3 Å². The van der Waals surface area contributed by atoms with E-state index in [9.17, 15) is 4.79 Å². The second kappa shape index (κ2) is 9.47. The van der Waals surface area contributed by atoms with Crippen molar-refractivity contribution in [1.82, 2.24) is 15.2 Å². The first kappa shape index (κ1) is 19.3. The molecule has 1 aliphatic heterocycles. The van der Waals surface area contributed by atoms with Crippen LogP contribution in [0, 0.1) is 5.92 Å². The number of thiazole rings is 1. The summed E-state index contributed by atoms with van der Waals surface area (Å²) in [5.74, 6) is 0.973. The summed E-state index contributed by atoms with van der Waals surface area (Å²) in [5, 5.41) is 4.35. The van der Waals surface area contributed by atoms with Gasteiger partial charge in [0.15, 0.2) is 0 Å². The fourth-order valence-corrected chi connectivity index (χ4v) is 4.83. The van der Waals surface area contributed by atoms with E-state index in [0.29, 0.717) is 6.42 Å². The molecule has 1 N–H and O–H groups in total. The Balaban J connectivity index is 1.32. The zero-order valence-corrected chi connectivity index (χ0v) is 16.9. The van der Waals surface area contributed by atoms with Gasteiger partial charge >= 0.3 is 0 Å². The molecule has 2 heterocycles. The number of carbonyl (C=O) groups excluding carboxylic acids is 1. The van der Waals surface area contributed by atoms with Crippen molar-refractivity contribution in [3.63, 3.8) is 0 Å². The summed E-state index contributed by atoms with van der Waals surface area (Å²) in [6.07, 6.45) is 6.15. The third-order valence-corrected chi connectivity index (χ3v) is 6.16. The van der Waals surface area contributed by atoms with Crippen LogP contribution < -0.4 is 5.32 Å². The molecular formula is C21H31N3OS. The van der Waals surface area contributed by atoms with Gasteiger partial charge < -0.3 is 10.2 Å². The summed E-state index contributed by atoms with van der Waals surface area (Å²) < 4.78 is 1.25. The van der Waals surface area contributed by atoms with Gasteiger partial charge in [-0.05, 0) is 63.6 Å². The minimum atomic E-state index is 0.187. The van der Waals surface area contributed by atoms with Crippen molar-refractivity contribution in [2.75, 3.05) is 19.6 Å². The van der Waals surface area contributed by atoms with E-state index in [0.717, 1.165) is 37.2 Å². The van der Waals surface area contributed by atoms with Crippen molar-refractivity contribution in [2.24, 2.45) is 5.92 Å². The molecule has 1 aliphatic rings. The fraction of sp³-hybridized carbons (Fsp3) is 0.619. The van der Waals surface area contributed by atoms with Crippen molar-refractivity contribution in [1.29, 1.82) is 0 Å². The maximum atomic E-state index is 12.2. The van der Waals surface area contributed by atoms with Gasteiger partial charge in [-0.3, -0.25) is 4.79 Å². The van der Waals surface area contributed by atoms with Crippen molar-refractivity contribution < 1.29 is 4.79 Å². The van der Waals surface area contributed by atoms with E-state index >= 15 is 0 Å². The molecule has 2 unspecified atom stereocenters. The van der Waals surface area contributed by atoms with Crippen molar-refractivity contribution in [3.8, 4) is 0 Å². The second-order valence-corrected chi connectivity index (χ2v) is 8.87. The summed E-state index contributed by atoms with van der Waals surface area (Å²) in [7, 11) is 0. The van der Waals surface area contributed by atoms with Gasteiger partial charge in [0.2, 0.25) is 5.91 Å². The van der Waals surface area contributed by atoms with Crippen LogP contribution in [0.25, 0.3) is 10.2 Å². The van der Waals surface area contributed by atoms with Gasteiger partial charge in [-0.1, -0.05) is 19.1 Å². The Labute approximate surface area is 161 Å². The van der Waals surface area contributed by atoms with Gasteiger partial charge in [-0.25, -0.2) is 4.98 Å². The quantitative estimate of drug-likeness (QED) is 0.704. The van der Waals surface area contributed by atoms with Crippen LogP contribution in [0.2, 0.25) is 0 Å². The molecule has 1 fully saturated rings. The summed E-state index contributed by atoms with van der Waals surface area (Å²) >= 11 is 1.77. The number of nitrogens with one attached hydrogen (secondary N) is 1. The number of para-hydroxylation sites is 1. The number of benzene rings is 1. The highest BCUT2D eigenvalue weighted by atomic mass is 32.1. The number of piperidine rings is 1. The topological polar surface area (TPSA) is 45.2 Å². The Morgan fingerprint density at radius 3 is 3.04 bits per heavy atom. The molecule has 4 nitrogen and oxygen atoms in total. The third kappa shape index (κ3) is 5.78. The Bertz CT molecular complexity index is 681. The molecular weight excluding hydrogens is 342 g/mol. The Hall–Kier alpha value is -1.46. The number of hydrogen-bond acceptors (Lipinski definition) is 4. The SMILES string of the molecule is CC1CCCN(CC(C)NC(=O)CCCCc2nc3ccccc3s2)C1. The van der Waals surface area contributed by atoms with Crippen LogP contribution in [0.4, 0.5) is 0 Å². The lowest BCUT2D eigenvalue weighted by atomic mass is 10.00. The standard InChI is InChI=1S/C21H31N3OS/c1-16-8-7-13-24(14-16)15-17(2)22-20(25)11-5-6-12-21-23-18-9-3-4-10-19(18)26-21/h3-4,9-10,16-17H,5-8,11-15H2,1-2H3,(H,22,25). The molecule has 142 valence electrons. The molecule has 0 aliphatic carbocycles. The highest BCUT2D eigenvalue weighted by molar-refractivity contribution is 7.18. The fourth-order valence-electron chi connectivity index (χ4n) is 3.82. The molecule has 1 saturated heterocycles. The van der Waals surface area contributed by atoms with E-state index in [1.54, 1.807) is 11.3 Å². The van der Waals surface area contributed by atoms with Crippen molar-refractivity contribution >= 4 is 27.5 Å². The Kier molecular flexibility index (Phi) is 7.03. The second-order valence-electron chi connectivity index (χ2n) is 7.76. The zero-order valence-electron chi connectivity index (χ0n) is 16.0. The number of amides is 1. The van der Waals surface area contributed by atoms with Gasteiger partial charge in [0.25, 0.3) is 0 Å². The highest BCUT2D eigenvalue weighted by Crippen LogP contribution is 2.22. The molecule has 1 amide bonds. The first-order valence-corrected chi connectivity index (χ1v) is 10.8. The molecule has 0 saturated carbocycles. The largest absolute Gasteiger partial charge is 0.352 e. The van der Waals surface area contributed by atoms with Crippen LogP contribution >= 0.6 is 11.3 Å². The molecule has 26 heavy (non-hydrogen) atoms.